The van der Waals surface area contributed by atoms with E-state index in [1.165, 1.54) is 186 Å². The van der Waals surface area contributed by atoms with Crippen LogP contribution < -0.4 is 5.73 Å². The third-order valence-corrected chi connectivity index (χ3v) is 11.4. The molecule has 0 aliphatic carbocycles. The molecule has 0 aromatic rings. The van der Waals surface area contributed by atoms with Gasteiger partial charge in [-0.3, -0.25) is 13.8 Å². The molecule has 0 fully saturated rings. The average Bonchev–Trinajstić information content (AvgIpc) is 3.19. The van der Waals surface area contributed by atoms with Gasteiger partial charge in [0.25, 0.3) is 0 Å². The number of esters is 1. The van der Waals surface area contributed by atoms with Crippen LogP contribution in [0.1, 0.15) is 239 Å². The summed E-state index contributed by atoms with van der Waals surface area (Å²) in [6.07, 6.45) is 51.5. The largest absolute Gasteiger partial charge is 0.498 e. The first kappa shape index (κ1) is 54.8. The van der Waals surface area contributed by atoms with Crippen molar-refractivity contribution in [1.82, 2.24) is 0 Å². The molecule has 0 aromatic heterocycles. The molecule has 332 valence electrons. The first-order valence-electron chi connectivity index (χ1n) is 23.9. The molecule has 56 heavy (non-hydrogen) atoms. The van der Waals surface area contributed by atoms with Crippen molar-refractivity contribution in [2.24, 2.45) is 5.73 Å². The SMILES string of the molecule is CCCCCCCC/C=C/CCCCCCCCCCCC(=O)O[C@H](CO/C=C/CCCCCCCCCCCCCCCCCC)COP(=O)(O)OCCN. The molecule has 0 saturated carbocycles. The molecule has 0 rings (SSSR count). The summed E-state index contributed by atoms with van der Waals surface area (Å²) in [5.74, 6) is -0.351. The zero-order chi connectivity index (χ0) is 40.9. The highest BCUT2D eigenvalue weighted by molar-refractivity contribution is 7.47. The number of hydrogen-bond acceptors (Lipinski definition) is 7. The lowest BCUT2D eigenvalue weighted by atomic mass is 10.0. The molecule has 0 aliphatic heterocycles. The standard InChI is InChI=1S/C47H92NO7P/c1-3-5-7-9-11-13-15-17-19-21-23-24-26-28-30-32-34-36-38-40-47(49)55-46(45-54-56(50,51)53-43-41-48)44-52-42-39-37-35-33-31-29-27-25-22-20-18-16-14-12-10-8-6-4-2/h17,19,39,42,46H,3-16,18,20-38,40-41,43-45,48H2,1-2H3,(H,50,51)/b19-17+,42-39+/t46-/m1/s1. The van der Waals surface area contributed by atoms with E-state index in [-0.39, 0.29) is 32.3 Å². The third kappa shape index (κ3) is 43.9. The van der Waals surface area contributed by atoms with Crippen LogP contribution in [-0.4, -0.2) is 43.3 Å². The van der Waals surface area contributed by atoms with Crippen molar-refractivity contribution in [3.63, 3.8) is 0 Å². The first-order chi connectivity index (χ1) is 27.4. The van der Waals surface area contributed by atoms with Crippen LogP contribution in [0.4, 0.5) is 0 Å². The summed E-state index contributed by atoms with van der Waals surface area (Å²) >= 11 is 0. The van der Waals surface area contributed by atoms with Crippen LogP contribution in [0.5, 0.6) is 0 Å². The molecule has 0 bridgehead atoms. The van der Waals surface area contributed by atoms with Crippen molar-refractivity contribution in [3.05, 3.63) is 24.5 Å². The molecule has 0 amide bonds. The number of phosphoric acid groups is 1. The molecule has 0 aliphatic rings. The minimum Gasteiger partial charge on any atom is -0.498 e. The third-order valence-electron chi connectivity index (χ3n) is 10.4. The maximum Gasteiger partial charge on any atom is 0.472 e. The minimum absolute atomic E-state index is 0.0353. The van der Waals surface area contributed by atoms with E-state index < -0.39 is 13.9 Å². The van der Waals surface area contributed by atoms with Gasteiger partial charge in [-0.2, -0.15) is 0 Å². The van der Waals surface area contributed by atoms with E-state index in [1.807, 2.05) is 6.08 Å². The maximum atomic E-state index is 12.6. The first-order valence-corrected chi connectivity index (χ1v) is 25.4. The van der Waals surface area contributed by atoms with Crippen molar-refractivity contribution >= 4 is 13.8 Å². The van der Waals surface area contributed by atoms with Crippen LogP contribution >= 0.6 is 7.82 Å². The summed E-state index contributed by atoms with van der Waals surface area (Å²) < 4.78 is 33.3. The zero-order valence-corrected chi connectivity index (χ0v) is 37.8. The highest BCUT2D eigenvalue weighted by atomic mass is 31.2. The zero-order valence-electron chi connectivity index (χ0n) is 36.9. The Balaban J connectivity index is 4.00. The topological polar surface area (TPSA) is 117 Å². The second-order valence-electron chi connectivity index (χ2n) is 16.0. The molecule has 1 unspecified atom stereocenters. The molecule has 3 N–H and O–H groups in total. The highest BCUT2D eigenvalue weighted by Gasteiger charge is 2.25. The predicted octanol–water partition coefficient (Wildman–Crippen LogP) is 14.8. The summed E-state index contributed by atoms with van der Waals surface area (Å²) in [6.45, 7) is 4.27. The Labute approximate surface area is 346 Å². The molecular formula is C47H92NO7P. The molecular weight excluding hydrogens is 721 g/mol. The van der Waals surface area contributed by atoms with Gasteiger partial charge in [0, 0.05) is 13.0 Å². The molecule has 9 heteroatoms. The van der Waals surface area contributed by atoms with Crippen LogP contribution in [0.15, 0.2) is 24.5 Å². The summed E-state index contributed by atoms with van der Waals surface area (Å²) in [4.78, 5) is 22.5. The van der Waals surface area contributed by atoms with E-state index in [9.17, 15) is 14.3 Å². The van der Waals surface area contributed by atoms with E-state index in [1.54, 1.807) is 6.26 Å². The number of unbranched alkanes of at least 4 members (excludes halogenated alkanes) is 31. The smallest absolute Gasteiger partial charge is 0.472 e. The molecule has 0 radical (unpaired) electrons. The van der Waals surface area contributed by atoms with Crippen LogP contribution in [0.3, 0.4) is 0 Å². The van der Waals surface area contributed by atoms with Crippen LogP contribution in [0.25, 0.3) is 0 Å². The Morgan fingerprint density at radius 2 is 0.911 bits per heavy atom. The van der Waals surface area contributed by atoms with E-state index in [0.717, 1.165) is 32.1 Å². The average molecular weight is 814 g/mol. The van der Waals surface area contributed by atoms with Gasteiger partial charge in [-0.1, -0.05) is 199 Å². The second kappa shape index (κ2) is 44.9. The molecule has 2 atom stereocenters. The Morgan fingerprint density at radius 1 is 0.536 bits per heavy atom. The minimum atomic E-state index is -4.29. The monoisotopic (exact) mass is 814 g/mol. The predicted molar refractivity (Wildman–Crippen MR) is 238 cm³/mol. The Morgan fingerprint density at radius 3 is 1.32 bits per heavy atom. The fourth-order valence-electron chi connectivity index (χ4n) is 6.90. The van der Waals surface area contributed by atoms with Gasteiger partial charge in [0.15, 0.2) is 6.10 Å². The van der Waals surface area contributed by atoms with Crippen LogP contribution in [0, 0.1) is 0 Å². The number of rotatable bonds is 46. The molecule has 0 saturated heterocycles. The van der Waals surface area contributed by atoms with Gasteiger partial charge in [-0.05, 0) is 51.0 Å². The van der Waals surface area contributed by atoms with Crippen LogP contribution in [0.2, 0.25) is 0 Å². The van der Waals surface area contributed by atoms with Gasteiger partial charge in [0.2, 0.25) is 0 Å². The van der Waals surface area contributed by atoms with Crippen molar-refractivity contribution in [2.45, 2.75) is 245 Å². The normalized spacial score (nSPS) is 13.5. The van der Waals surface area contributed by atoms with Gasteiger partial charge in [0.1, 0.15) is 6.61 Å². The second-order valence-corrected chi connectivity index (χ2v) is 17.5. The van der Waals surface area contributed by atoms with Gasteiger partial charge >= 0.3 is 13.8 Å². The quantitative estimate of drug-likeness (QED) is 0.0205. The lowest BCUT2D eigenvalue weighted by molar-refractivity contribution is -0.153. The fraction of sp³-hybridized carbons (Fsp3) is 0.894. The maximum absolute atomic E-state index is 12.6. The molecule has 0 heterocycles. The lowest BCUT2D eigenvalue weighted by Crippen LogP contribution is -2.27. The number of phosphoric ester groups is 1. The number of ether oxygens (including phenoxy) is 2. The van der Waals surface area contributed by atoms with E-state index in [2.05, 4.69) is 26.0 Å². The highest BCUT2D eigenvalue weighted by Crippen LogP contribution is 2.43. The fourth-order valence-corrected chi connectivity index (χ4v) is 7.67. The Hall–Kier alpha value is -1.18. The molecule has 0 aromatic carbocycles. The number of carbonyl (C=O) groups excluding carboxylic acids is 1. The number of allylic oxidation sites excluding steroid dienone is 3. The van der Waals surface area contributed by atoms with E-state index in [0.29, 0.717) is 6.42 Å². The van der Waals surface area contributed by atoms with E-state index >= 15 is 0 Å². The molecule has 8 nitrogen and oxygen atoms in total. The Kier molecular flexibility index (Phi) is 44.0. The van der Waals surface area contributed by atoms with Crippen molar-refractivity contribution in [3.8, 4) is 0 Å². The van der Waals surface area contributed by atoms with Crippen molar-refractivity contribution in [2.75, 3.05) is 26.4 Å². The summed E-state index contributed by atoms with van der Waals surface area (Å²) in [6, 6.07) is 0. The number of hydrogen-bond donors (Lipinski definition) is 2. The van der Waals surface area contributed by atoms with Crippen molar-refractivity contribution < 1.29 is 32.8 Å². The summed E-state index contributed by atoms with van der Waals surface area (Å²) in [7, 11) is -4.29. The van der Waals surface area contributed by atoms with Crippen LogP contribution in [-0.2, 0) is 27.9 Å². The van der Waals surface area contributed by atoms with Gasteiger partial charge in [-0.25, -0.2) is 4.57 Å². The lowest BCUT2D eigenvalue weighted by Gasteiger charge is -2.19. The van der Waals surface area contributed by atoms with Gasteiger partial charge in [-0.15, -0.1) is 0 Å². The van der Waals surface area contributed by atoms with Gasteiger partial charge < -0.3 is 20.1 Å². The summed E-state index contributed by atoms with van der Waals surface area (Å²) in [5.41, 5.74) is 5.37. The number of nitrogens with two attached hydrogens (primary N) is 1. The Bertz CT molecular complexity index is 915. The molecule has 0 spiro atoms. The summed E-state index contributed by atoms with van der Waals surface area (Å²) in [5, 5.41) is 0. The van der Waals surface area contributed by atoms with E-state index in [4.69, 9.17) is 24.3 Å². The van der Waals surface area contributed by atoms with Gasteiger partial charge in [0.05, 0.1) is 19.5 Å². The number of carbonyl (C=O) groups is 1. The van der Waals surface area contributed by atoms with Crippen molar-refractivity contribution in [1.29, 1.82) is 0 Å².